The number of benzene rings is 1. The summed E-state index contributed by atoms with van der Waals surface area (Å²) in [6, 6.07) is 10.5. The zero-order valence-corrected chi connectivity index (χ0v) is 18.9. The van der Waals surface area contributed by atoms with Crippen molar-refractivity contribution in [3.63, 3.8) is 0 Å². The van der Waals surface area contributed by atoms with Crippen LogP contribution in [0.25, 0.3) is 11.3 Å². The number of H-pyrrole nitrogens is 1. The van der Waals surface area contributed by atoms with E-state index in [1.807, 2.05) is 31.2 Å². The number of carbonyl (C=O) groups excluding carboxylic acids is 1. The summed E-state index contributed by atoms with van der Waals surface area (Å²) in [4.78, 5) is 16.4. The number of hydrogen-bond donors (Lipinski definition) is 3. The Morgan fingerprint density at radius 2 is 1.71 bits per heavy atom. The summed E-state index contributed by atoms with van der Waals surface area (Å²) < 4.78 is 27.4. The molecule has 0 atom stereocenters. The topological polar surface area (TPSA) is 117 Å². The second-order valence-electron chi connectivity index (χ2n) is 8.28. The van der Waals surface area contributed by atoms with Gasteiger partial charge in [0.1, 0.15) is 0 Å². The number of carbonyl (C=O) groups is 1. The Labute approximate surface area is 182 Å². The highest BCUT2D eigenvalue weighted by molar-refractivity contribution is 7.89. The summed E-state index contributed by atoms with van der Waals surface area (Å²) in [6.45, 7) is 8.02. The van der Waals surface area contributed by atoms with Gasteiger partial charge in [0.15, 0.2) is 5.82 Å². The van der Waals surface area contributed by atoms with E-state index in [9.17, 15) is 13.2 Å². The highest BCUT2D eigenvalue weighted by atomic mass is 32.2. The van der Waals surface area contributed by atoms with Crippen LogP contribution in [-0.2, 0) is 20.2 Å². The first kappa shape index (κ1) is 22.6. The molecule has 0 spiro atoms. The fourth-order valence-corrected chi connectivity index (χ4v) is 4.06. The Kier molecular flexibility index (Phi) is 6.56. The molecule has 8 nitrogen and oxygen atoms in total. The van der Waals surface area contributed by atoms with Crippen LogP contribution in [-0.4, -0.2) is 36.1 Å². The van der Waals surface area contributed by atoms with Gasteiger partial charge in [0.2, 0.25) is 15.9 Å². The summed E-state index contributed by atoms with van der Waals surface area (Å²) >= 11 is 0. The van der Waals surface area contributed by atoms with Gasteiger partial charge in [-0.05, 0) is 42.2 Å². The van der Waals surface area contributed by atoms with E-state index < -0.39 is 10.0 Å². The molecule has 0 unspecified atom stereocenters. The molecule has 1 amide bonds. The lowest BCUT2D eigenvalue weighted by Crippen LogP contribution is -2.28. The molecule has 2 aromatic heterocycles. The van der Waals surface area contributed by atoms with Crippen LogP contribution < -0.4 is 10.0 Å². The van der Waals surface area contributed by atoms with E-state index in [2.05, 4.69) is 46.0 Å². The van der Waals surface area contributed by atoms with Crippen molar-refractivity contribution in [1.82, 2.24) is 19.9 Å². The highest BCUT2D eigenvalue weighted by Crippen LogP contribution is 2.25. The largest absolute Gasteiger partial charge is 0.309 e. The van der Waals surface area contributed by atoms with Crippen LogP contribution >= 0.6 is 0 Å². The molecule has 164 valence electrons. The molecule has 0 bridgehead atoms. The third kappa shape index (κ3) is 5.56. The van der Waals surface area contributed by atoms with E-state index in [1.165, 1.54) is 0 Å². The molecule has 0 radical (unpaired) electrons. The maximum atomic E-state index is 12.5. The molecular weight excluding hydrogens is 414 g/mol. The molecule has 0 saturated carbocycles. The lowest BCUT2D eigenvalue weighted by molar-refractivity contribution is -0.116. The highest BCUT2D eigenvalue weighted by Gasteiger charge is 2.18. The number of aromatic amines is 1. The number of hydrogen-bond acceptors (Lipinski definition) is 5. The first-order chi connectivity index (χ1) is 14.6. The van der Waals surface area contributed by atoms with Crippen molar-refractivity contribution in [1.29, 1.82) is 0 Å². The van der Waals surface area contributed by atoms with Crippen molar-refractivity contribution in [2.45, 2.75) is 44.4 Å². The Balaban J connectivity index is 1.56. The Morgan fingerprint density at radius 3 is 2.32 bits per heavy atom. The van der Waals surface area contributed by atoms with E-state index in [4.69, 9.17) is 0 Å². The number of aromatic nitrogens is 3. The van der Waals surface area contributed by atoms with Crippen molar-refractivity contribution >= 4 is 21.7 Å². The molecule has 9 heteroatoms. The van der Waals surface area contributed by atoms with E-state index in [-0.39, 0.29) is 29.2 Å². The van der Waals surface area contributed by atoms with Crippen molar-refractivity contribution < 1.29 is 13.2 Å². The Hall–Kier alpha value is -3.04. The summed E-state index contributed by atoms with van der Waals surface area (Å²) in [5.41, 5.74) is 3.48. The molecule has 0 fully saturated rings. The van der Waals surface area contributed by atoms with E-state index in [1.54, 1.807) is 24.5 Å². The molecule has 3 N–H and O–H groups in total. The average molecular weight is 442 g/mol. The van der Waals surface area contributed by atoms with Crippen LogP contribution in [0.4, 0.5) is 5.82 Å². The minimum absolute atomic E-state index is 0.0177. The minimum Gasteiger partial charge on any atom is -0.309 e. The van der Waals surface area contributed by atoms with Gasteiger partial charge in [-0.2, -0.15) is 5.10 Å². The lowest BCUT2D eigenvalue weighted by Gasteiger charge is -2.19. The Bertz CT molecular complexity index is 1150. The second-order valence-corrected chi connectivity index (χ2v) is 10.0. The molecule has 3 aromatic rings. The number of pyridine rings is 1. The van der Waals surface area contributed by atoms with Crippen molar-refractivity contribution in [2.75, 3.05) is 11.9 Å². The maximum absolute atomic E-state index is 12.5. The zero-order chi connectivity index (χ0) is 22.6. The normalized spacial score (nSPS) is 12.0. The predicted molar refractivity (Wildman–Crippen MR) is 120 cm³/mol. The van der Waals surface area contributed by atoms with Gasteiger partial charge in [-0.3, -0.25) is 14.9 Å². The molecule has 3 rings (SSSR count). The van der Waals surface area contributed by atoms with Crippen LogP contribution in [0.15, 0.2) is 53.7 Å². The monoisotopic (exact) mass is 441 g/mol. The lowest BCUT2D eigenvalue weighted by atomic mass is 9.87. The molecule has 1 aromatic carbocycles. The second kappa shape index (κ2) is 8.99. The molecule has 0 aliphatic rings. The van der Waals surface area contributed by atoms with Gasteiger partial charge in [-0.1, -0.05) is 32.9 Å². The first-order valence-corrected chi connectivity index (χ1v) is 11.4. The Morgan fingerprint density at radius 1 is 1.06 bits per heavy atom. The first-order valence-electron chi connectivity index (χ1n) is 9.93. The number of amides is 1. The van der Waals surface area contributed by atoms with Gasteiger partial charge in [-0.15, -0.1) is 0 Å². The molecule has 2 heterocycles. The number of rotatable bonds is 7. The third-order valence-electron chi connectivity index (χ3n) is 4.91. The van der Waals surface area contributed by atoms with Crippen LogP contribution in [0.5, 0.6) is 0 Å². The molecular formula is C22H27N5O3S. The fraction of sp³-hybridized carbons (Fsp3) is 0.318. The van der Waals surface area contributed by atoms with Crippen LogP contribution in [0.2, 0.25) is 0 Å². The summed E-state index contributed by atoms with van der Waals surface area (Å²) in [5, 5.41) is 9.78. The maximum Gasteiger partial charge on any atom is 0.240 e. The number of anilines is 1. The van der Waals surface area contributed by atoms with Crippen molar-refractivity contribution in [2.24, 2.45) is 0 Å². The van der Waals surface area contributed by atoms with Gasteiger partial charge in [0.05, 0.1) is 10.6 Å². The van der Waals surface area contributed by atoms with Crippen molar-refractivity contribution in [3.05, 3.63) is 59.9 Å². The van der Waals surface area contributed by atoms with Gasteiger partial charge < -0.3 is 5.32 Å². The van der Waals surface area contributed by atoms with Gasteiger partial charge >= 0.3 is 0 Å². The molecule has 31 heavy (non-hydrogen) atoms. The summed E-state index contributed by atoms with van der Waals surface area (Å²) in [7, 11) is -3.69. The smallest absolute Gasteiger partial charge is 0.240 e. The predicted octanol–water partition coefficient (Wildman–Crippen LogP) is 3.38. The van der Waals surface area contributed by atoms with Crippen LogP contribution in [0, 0.1) is 6.92 Å². The fourth-order valence-electron chi connectivity index (χ4n) is 3.03. The SMILES string of the molecule is Cc1c(NC(=O)CCNS(=O)(=O)c2ccc(C(C)(C)C)cc2)n[nH]c1-c1ccncc1. The minimum atomic E-state index is -3.69. The van der Waals surface area contributed by atoms with Gasteiger partial charge in [0, 0.05) is 36.5 Å². The summed E-state index contributed by atoms with van der Waals surface area (Å²) in [5.74, 6) is 0.0825. The van der Waals surface area contributed by atoms with Crippen LogP contribution in [0.3, 0.4) is 0 Å². The number of nitrogens with one attached hydrogen (secondary N) is 3. The zero-order valence-electron chi connectivity index (χ0n) is 18.1. The van der Waals surface area contributed by atoms with Crippen LogP contribution in [0.1, 0.15) is 38.3 Å². The van der Waals surface area contributed by atoms with E-state index >= 15 is 0 Å². The molecule has 0 saturated heterocycles. The molecule has 0 aliphatic carbocycles. The quantitative estimate of drug-likeness (QED) is 0.520. The van der Waals surface area contributed by atoms with Gasteiger partial charge in [0.25, 0.3) is 0 Å². The number of nitrogens with zero attached hydrogens (tertiary/aromatic N) is 2. The standard InChI is InChI=1S/C22H27N5O3S/c1-15-20(16-9-12-23-13-10-16)26-27-21(15)25-19(28)11-14-24-31(29,30)18-7-5-17(6-8-18)22(2,3)4/h5-10,12-13,24H,11,14H2,1-4H3,(H2,25,26,27,28). The average Bonchev–Trinajstić information content (AvgIpc) is 3.08. The number of sulfonamides is 1. The van der Waals surface area contributed by atoms with Crippen molar-refractivity contribution in [3.8, 4) is 11.3 Å². The van der Waals surface area contributed by atoms with E-state index in [0.29, 0.717) is 5.82 Å². The van der Waals surface area contributed by atoms with Gasteiger partial charge in [-0.25, -0.2) is 13.1 Å². The summed E-state index contributed by atoms with van der Waals surface area (Å²) in [6.07, 6.45) is 3.34. The third-order valence-corrected chi connectivity index (χ3v) is 6.39. The molecule has 0 aliphatic heterocycles. The van der Waals surface area contributed by atoms with E-state index in [0.717, 1.165) is 22.4 Å².